The van der Waals surface area contributed by atoms with Crippen LogP contribution in [0.1, 0.15) is 5.56 Å². The van der Waals surface area contributed by atoms with Gasteiger partial charge < -0.3 is 11.1 Å². The van der Waals surface area contributed by atoms with Crippen molar-refractivity contribution >= 4 is 23.0 Å². The van der Waals surface area contributed by atoms with Gasteiger partial charge in [0.15, 0.2) is 0 Å². The molecule has 0 radical (unpaired) electrons. The maximum atomic E-state index is 6.08. The largest absolute Gasteiger partial charge is 0.399 e. The number of hydrogen-bond acceptors (Lipinski definition) is 2. The predicted octanol–water partition coefficient (Wildman–Crippen LogP) is 3.53. The molecule has 3 N–H and O–H groups in total. The van der Waals surface area contributed by atoms with Crippen LogP contribution in [0.15, 0.2) is 48.5 Å². The van der Waals surface area contributed by atoms with Crippen LogP contribution >= 0.6 is 11.6 Å². The number of hydrogen-bond donors (Lipinski definition) is 2. The molecule has 2 nitrogen and oxygen atoms in total. The molecule has 0 heterocycles. The van der Waals surface area contributed by atoms with Gasteiger partial charge >= 0.3 is 0 Å². The van der Waals surface area contributed by atoms with E-state index in [-0.39, 0.29) is 0 Å². The van der Waals surface area contributed by atoms with Gasteiger partial charge in [-0.3, -0.25) is 0 Å². The van der Waals surface area contributed by atoms with Crippen LogP contribution in [0.25, 0.3) is 0 Å². The summed E-state index contributed by atoms with van der Waals surface area (Å²) in [5.74, 6) is 0. The Hall–Kier alpha value is -1.67. The lowest BCUT2D eigenvalue weighted by atomic mass is 10.2. The molecule has 0 amide bonds. The minimum Gasteiger partial charge on any atom is -0.399 e. The minimum absolute atomic E-state index is 0.688. The van der Waals surface area contributed by atoms with E-state index < -0.39 is 0 Å². The molecule has 16 heavy (non-hydrogen) atoms. The molecule has 0 unspecified atom stereocenters. The Morgan fingerprint density at radius 1 is 1.06 bits per heavy atom. The lowest BCUT2D eigenvalue weighted by Gasteiger charge is -2.08. The van der Waals surface area contributed by atoms with Crippen LogP contribution in [-0.4, -0.2) is 0 Å². The van der Waals surface area contributed by atoms with E-state index in [0.29, 0.717) is 17.3 Å². The second-order valence-corrected chi connectivity index (χ2v) is 3.98. The quantitative estimate of drug-likeness (QED) is 0.795. The Labute approximate surface area is 100 Å². The van der Waals surface area contributed by atoms with Gasteiger partial charge in [-0.25, -0.2) is 0 Å². The highest BCUT2D eigenvalue weighted by atomic mass is 35.5. The highest BCUT2D eigenvalue weighted by Gasteiger charge is 2.00. The van der Waals surface area contributed by atoms with Gasteiger partial charge in [-0.15, -0.1) is 0 Å². The third-order valence-electron chi connectivity index (χ3n) is 2.33. The summed E-state index contributed by atoms with van der Waals surface area (Å²) in [6, 6.07) is 15.6. The van der Waals surface area contributed by atoms with Crippen molar-refractivity contribution in [1.29, 1.82) is 0 Å². The summed E-state index contributed by atoms with van der Waals surface area (Å²) in [7, 11) is 0. The van der Waals surface area contributed by atoms with E-state index in [1.54, 1.807) is 6.07 Å². The third kappa shape index (κ3) is 2.67. The molecular weight excluding hydrogens is 220 g/mol. The van der Waals surface area contributed by atoms with Crippen molar-refractivity contribution in [3.8, 4) is 0 Å². The van der Waals surface area contributed by atoms with Crippen molar-refractivity contribution in [3.05, 3.63) is 59.1 Å². The second kappa shape index (κ2) is 4.90. The first kappa shape index (κ1) is 10.8. The lowest BCUT2D eigenvalue weighted by Crippen LogP contribution is -2.00. The molecule has 0 bridgehead atoms. The summed E-state index contributed by atoms with van der Waals surface area (Å²) in [5, 5.41) is 3.99. The molecule has 82 valence electrons. The monoisotopic (exact) mass is 232 g/mol. The summed E-state index contributed by atoms with van der Waals surface area (Å²) in [6.07, 6.45) is 0. The Morgan fingerprint density at radius 3 is 2.50 bits per heavy atom. The van der Waals surface area contributed by atoms with Crippen LogP contribution in [-0.2, 0) is 6.54 Å². The maximum absolute atomic E-state index is 6.08. The molecule has 2 aromatic rings. The van der Waals surface area contributed by atoms with Crippen LogP contribution in [0.3, 0.4) is 0 Å². The Bertz CT molecular complexity index is 469. The molecule has 0 saturated carbocycles. The van der Waals surface area contributed by atoms with Crippen molar-refractivity contribution in [2.75, 3.05) is 11.1 Å². The number of nitrogens with two attached hydrogens (primary N) is 1. The number of halogens is 1. The molecule has 0 aromatic heterocycles. The van der Waals surface area contributed by atoms with Crippen molar-refractivity contribution in [2.45, 2.75) is 6.54 Å². The molecule has 0 aliphatic rings. The van der Waals surface area contributed by atoms with Crippen molar-refractivity contribution < 1.29 is 0 Å². The highest BCUT2D eigenvalue weighted by molar-refractivity contribution is 6.31. The Balaban J connectivity index is 2.05. The first-order valence-electron chi connectivity index (χ1n) is 5.08. The topological polar surface area (TPSA) is 38.0 Å². The number of rotatable bonds is 3. The number of para-hydroxylation sites is 1. The number of anilines is 2. The average Bonchev–Trinajstić information content (AvgIpc) is 2.29. The average molecular weight is 233 g/mol. The lowest BCUT2D eigenvalue weighted by molar-refractivity contribution is 1.15. The fourth-order valence-corrected chi connectivity index (χ4v) is 1.72. The Kier molecular flexibility index (Phi) is 3.32. The van der Waals surface area contributed by atoms with Gasteiger partial charge in [0.1, 0.15) is 0 Å². The smallest absolute Gasteiger partial charge is 0.0476 e. The van der Waals surface area contributed by atoms with E-state index in [9.17, 15) is 0 Å². The minimum atomic E-state index is 0.688. The van der Waals surface area contributed by atoms with E-state index in [2.05, 4.69) is 5.32 Å². The molecule has 0 spiro atoms. The van der Waals surface area contributed by atoms with E-state index in [1.807, 2.05) is 42.5 Å². The van der Waals surface area contributed by atoms with Crippen molar-refractivity contribution in [3.63, 3.8) is 0 Å². The van der Waals surface area contributed by atoms with Crippen molar-refractivity contribution in [2.24, 2.45) is 0 Å². The normalized spacial score (nSPS) is 10.1. The fourth-order valence-electron chi connectivity index (χ4n) is 1.46. The number of nitrogen functional groups attached to an aromatic ring is 1. The summed E-state index contributed by atoms with van der Waals surface area (Å²) >= 11 is 6.08. The van der Waals surface area contributed by atoms with Crippen LogP contribution in [0.4, 0.5) is 11.4 Å². The van der Waals surface area contributed by atoms with Crippen LogP contribution < -0.4 is 11.1 Å². The number of benzene rings is 2. The summed E-state index contributed by atoms with van der Waals surface area (Å²) in [6.45, 7) is 0.698. The van der Waals surface area contributed by atoms with Gasteiger partial charge in [-0.05, 0) is 29.8 Å². The molecule has 0 aliphatic heterocycles. The van der Waals surface area contributed by atoms with Gasteiger partial charge in [0.25, 0.3) is 0 Å². The number of nitrogens with one attached hydrogen (secondary N) is 1. The van der Waals surface area contributed by atoms with Crippen LogP contribution in [0.2, 0.25) is 5.02 Å². The van der Waals surface area contributed by atoms with E-state index in [4.69, 9.17) is 17.3 Å². The van der Waals surface area contributed by atoms with E-state index in [0.717, 1.165) is 11.3 Å². The first-order valence-corrected chi connectivity index (χ1v) is 5.46. The van der Waals surface area contributed by atoms with Gasteiger partial charge in [0, 0.05) is 22.9 Å². The maximum Gasteiger partial charge on any atom is 0.0476 e. The molecule has 0 saturated heterocycles. The standard InChI is InChI=1S/C13H13ClN2/c14-13-8-11(15)7-6-10(13)9-16-12-4-2-1-3-5-12/h1-8,16H,9,15H2. The molecule has 0 aliphatic carbocycles. The predicted molar refractivity (Wildman–Crippen MR) is 69.6 cm³/mol. The molecular formula is C13H13ClN2. The molecule has 0 fully saturated rings. The highest BCUT2D eigenvalue weighted by Crippen LogP contribution is 2.20. The van der Waals surface area contributed by atoms with Crippen LogP contribution in [0.5, 0.6) is 0 Å². The van der Waals surface area contributed by atoms with E-state index in [1.165, 1.54) is 0 Å². The Morgan fingerprint density at radius 2 is 1.81 bits per heavy atom. The third-order valence-corrected chi connectivity index (χ3v) is 2.69. The zero-order valence-corrected chi connectivity index (χ0v) is 9.54. The summed E-state index contributed by atoms with van der Waals surface area (Å²) in [5.41, 5.74) is 8.44. The van der Waals surface area contributed by atoms with Gasteiger partial charge in [-0.2, -0.15) is 0 Å². The van der Waals surface area contributed by atoms with Crippen LogP contribution in [0, 0.1) is 0 Å². The zero-order valence-electron chi connectivity index (χ0n) is 8.78. The molecule has 3 heteroatoms. The molecule has 2 aromatic carbocycles. The second-order valence-electron chi connectivity index (χ2n) is 3.57. The van der Waals surface area contributed by atoms with Gasteiger partial charge in [-0.1, -0.05) is 35.9 Å². The van der Waals surface area contributed by atoms with E-state index >= 15 is 0 Å². The SMILES string of the molecule is Nc1ccc(CNc2ccccc2)c(Cl)c1. The van der Waals surface area contributed by atoms with Gasteiger partial charge in [0.05, 0.1) is 0 Å². The van der Waals surface area contributed by atoms with Gasteiger partial charge in [0.2, 0.25) is 0 Å². The van der Waals surface area contributed by atoms with Crippen molar-refractivity contribution in [1.82, 2.24) is 0 Å². The fraction of sp³-hybridized carbons (Fsp3) is 0.0769. The summed E-state index contributed by atoms with van der Waals surface area (Å²) < 4.78 is 0. The zero-order chi connectivity index (χ0) is 11.4. The summed E-state index contributed by atoms with van der Waals surface area (Å²) in [4.78, 5) is 0. The molecule has 2 rings (SSSR count). The first-order chi connectivity index (χ1) is 7.75. The molecule has 0 atom stereocenters.